The first-order valence-corrected chi connectivity index (χ1v) is 5.57. The van der Waals surface area contributed by atoms with Crippen LogP contribution in [0.2, 0.25) is 0 Å². The van der Waals surface area contributed by atoms with Crippen LogP contribution in [-0.2, 0) is 0 Å². The molecule has 1 aromatic rings. The Labute approximate surface area is 92.3 Å². The predicted octanol–water partition coefficient (Wildman–Crippen LogP) is 4.28. The maximum absolute atomic E-state index is 12.5. The molecule has 0 saturated heterocycles. The van der Waals surface area contributed by atoms with Crippen LogP contribution in [0.25, 0.3) is 0 Å². The highest BCUT2D eigenvalue weighted by molar-refractivity contribution is 5.21. The van der Waals surface area contributed by atoms with Crippen LogP contribution in [-0.4, -0.2) is 6.61 Å². The van der Waals surface area contributed by atoms with Gasteiger partial charge in [-0.1, -0.05) is 27.7 Å². The standard InChI is InChI=1S/C11H15FO.C2H6/c1-9(2)7-8-13-11-5-3-10(12)4-6-11;1-2/h3-6,9H,7-8H2,1-2H3;1-2H3. The minimum absolute atomic E-state index is 0.226. The van der Waals surface area contributed by atoms with Gasteiger partial charge in [-0.3, -0.25) is 0 Å². The van der Waals surface area contributed by atoms with Crippen LogP contribution < -0.4 is 4.74 Å². The molecule has 0 saturated carbocycles. The van der Waals surface area contributed by atoms with E-state index in [9.17, 15) is 4.39 Å². The van der Waals surface area contributed by atoms with E-state index in [0.29, 0.717) is 12.5 Å². The van der Waals surface area contributed by atoms with Crippen molar-refractivity contribution >= 4 is 0 Å². The van der Waals surface area contributed by atoms with Crippen molar-refractivity contribution in [1.29, 1.82) is 0 Å². The van der Waals surface area contributed by atoms with E-state index in [0.717, 1.165) is 12.2 Å². The first kappa shape index (κ1) is 13.9. The Morgan fingerprint density at radius 1 is 1.13 bits per heavy atom. The summed E-state index contributed by atoms with van der Waals surface area (Å²) in [4.78, 5) is 0. The Balaban J connectivity index is 0.000000921. The quantitative estimate of drug-likeness (QED) is 0.724. The van der Waals surface area contributed by atoms with Crippen LogP contribution in [0.1, 0.15) is 34.1 Å². The SMILES string of the molecule is CC.CC(C)CCOc1ccc(F)cc1. The Morgan fingerprint density at radius 3 is 2.13 bits per heavy atom. The molecule has 2 heteroatoms. The van der Waals surface area contributed by atoms with Gasteiger partial charge in [0.2, 0.25) is 0 Å². The van der Waals surface area contributed by atoms with Gasteiger partial charge in [-0.15, -0.1) is 0 Å². The van der Waals surface area contributed by atoms with Crippen molar-refractivity contribution in [3.8, 4) is 5.75 Å². The lowest BCUT2D eigenvalue weighted by atomic mass is 10.1. The molecule has 0 aromatic heterocycles. The molecule has 0 aliphatic carbocycles. The van der Waals surface area contributed by atoms with Crippen LogP contribution in [0.4, 0.5) is 4.39 Å². The van der Waals surface area contributed by atoms with Gasteiger partial charge in [0.1, 0.15) is 11.6 Å². The Hall–Kier alpha value is -1.05. The van der Waals surface area contributed by atoms with Gasteiger partial charge in [-0.2, -0.15) is 0 Å². The van der Waals surface area contributed by atoms with Crippen LogP contribution in [0, 0.1) is 11.7 Å². The van der Waals surface area contributed by atoms with Crippen LogP contribution in [0.5, 0.6) is 5.75 Å². The van der Waals surface area contributed by atoms with Gasteiger partial charge >= 0.3 is 0 Å². The molecule has 0 atom stereocenters. The summed E-state index contributed by atoms with van der Waals surface area (Å²) in [6, 6.07) is 6.11. The summed E-state index contributed by atoms with van der Waals surface area (Å²) in [6.45, 7) is 8.99. The lowest BCUT2D eigenvalue weighted by Gasteiger charge is -2.07. The molecule has 86 valence electrons. The van der Waals surface area contributed by atoms with E-state index in [1.165, 1.54) is 12.1 Å². The molecular weight excluding hydrogens is 191 g/mol. The zero-order valence-electron chi connectivity index (χ0n) is 10.1. The number of ether oxygens (including phenoxy) is 1. The Bertz CT molecular complexity index is 241. The molecule has 0 unspecified atom stereocenters. The highest BCUT2D eigenvalue weighted by atomic mass is 19.1. The third-order valence-electron chi connectivity index (χ3n) is 1.78. The number of hydrogen-bond donors (Lipinski definition) is 0. The van der Waals surface area contributed by atoms with Crippen molar-refractivity contribution in [2.45, 2.75) is 34.1 Å². The van der Waals surface area contributed by atoms with E-state index in [1.807, 2.05) is 13.8 Å². The maximum Gasteiger partial charge on any atom is 0.123 e. The summed E-state index contributed by atoms with van der Waals surface area (Å²) < 4.78 is 17.9. The van der Waals surface area contributed by atoms with Gasteiger partial charge in [-0.25, -0.2) is 4.39 Å². The molecule has 0 amide bonds. The fourth-order valence-corrected chi connectivity index (χ4v) is 0.943. The lowest BCUT2D eigenvalue weighted by Crippen LogP contribution is -2.01. The fraction of sp³-hybridized carbons (Fsp3) is 0.538. The third kappa shape index (κ3) is 6.95. The molecule has 0 aliphatic rings. The zero-order chi connectivity index (χ0) is 11.7. The lowest BCUT2D eigenvalue weighted by molar-refractivity contribution is 0.289. The van der Waals surface area contributed by atoms with Crippen molar-refractivity contribution in [3.63, 3.8) is 0 Å². The van der Waals surface area contributed by atoms with E-state index in [-0.39, 0.29) is 5.82 Å². The summed E-state index contributed by atoms with van der Waals surface area (Å²) in [5, 5.41) is 0. The molecule has 0 heterocycles. The summed E-state index contributed by atoms with van der Waals surface area (Å²) >= 11 is 0. The highest BCUT2D eigenvalue weighted by Crippen LogP contribution is 2.12. The van der Waals surface area contributed by atoms with Gasteiger partial charge in [0.15, 0.2) is 0 Å². The minimum atomic E-state index is -0.226. The molecular formula is C13H21FO. The minimum Gasteiger partial charge on any atom is -0.494 e. The Kier molecular flexibility index (Phi) is 7.69. The van der Waals surface area contributed by atoms with Gasteiger partial charge in [0.05, 0.1) is 6.61 Å². The molecule has 0 radical (unpaired) electrons. The summed E-state index contributed by atoms with van der Waals surface area (Å²) in [5.41, 5.74) is 0. The van der Waals surface area contributed by atoms with Crippen LogP contribution in [0.15, 0.2) is 24.3 Å². The number of rotatable bonds is 4. The van der Waals surface area contributed by atoms with Gasteiger partial charge in [-0.05, 0) is 36.6 Å². The van der Waals surface area contributed by atoms with Gasteiger partial charge in [0, 0.05) is 0 Å². The van der Waals surface area contributed by atoms with Crippen LogP contribution in [0.3, 0.4) is 0 Å². The molecule has 0 bridgehead atoms. The van der Waals surface area contributed by atoms with E-state index >= 15 is 0 Å². The average Bonchev–Trinajstić information content (AvgIpc) is 2.23. The molecule has 0 N–H and O–H groups in total. The number of halogens is 1. The maximum atomic E-state index is 12.5. The van der Waals surface area contributed by atoms with Crippen molar-refractivity contribution in [1.82, 2.24) is 0 Å². The second-order valence-electron chi connectivity index (χ2n) is 3.48. The first-order valence-electron chi connectivity index (χ1n) is 5.57. The fourth-order valence-electron chi connectivity index (χ4n) is 0.943. The number of benzene rings is 1. The largest absolute Gasteiger partial charge is 0.494 e. The summed E-state index contributed by atoms with van der Waals surface area (Å²) in [7, 11) is 0. The molecule has 1 rings (SSSR count). The van der Waals surface area contributed by atoms with Crippen molar-refractivity contribution in [3.05, 3.63) is 30.1 Å². The monoisotopic (exact) mass is 212 g/mol. The third-order valence-corrected chi connectivity index (χ3v) is 1.78. The smallest absolute Gasteiger partial charge is 0.123 e. The second-order valence-corrected chi connectivity index (χ2v) is 3.48. The van der Waals surface area contributed by atoms with Crippen molar-refractivity contribution in [2.75, 3.05) is 6.61 Å². The predicted molar refractivity (Wildman–Crippen MR) is 62.7 cm³/mol. The van der Waals surface area contributed by atoms with Crippen molar-refractivity contribution < 1.29 is 9.13 Å². The van der Waals surface area contributed by atoms with E-state index < -0.39 is 0 Å². The summed E-state index contributed by atoms with van der Waals surface area (Å²) in [5.74, 6) is 1.15. The second kappa shape index (κ2) is 8.27. The summed E-state index contributed by atoms with van der Waals surface area (Å²) in [6.07, 6.45) is 1.03. The van der Waals surface area contributed by atoms with Crippen molar-refractivity contribution in [2.24, 2.45) is 5.92 Å². The topological polar surface area (TPSA) is 9.23 Å². The zero-order valence-corrected chi connectivity index (χ0v) is 10.1. The normalized spacial score (nSPS) is 9.47. The van der Waals surface area contributed by atoms with E-state index in [4.69, 9.17) is 4.74 Å². The molecule has 1 aromatic carbocycles. The number of hydrogen-bond acceptors (Lipinski definition) is 1. The molecule has 0 fully saturated rings. The molecule has 15 heavy (non-hydrogen) atoms. The molecule has 0 spiro atoms. The average molecular weight is 212 g/mol. The molecule has 0 aliphatic heterocycles. The van der Waals surface area contributed by atoms with Gasteiger partial charge in [0.25, 0.3) is 0 Å². The Morgan fingerprint density at radius 2 is 1.67 bits per heavy atom. The highest BCUT2D eigenvalue weighted by Gasteiger charge is 1.96. The van der Waals surface area contributed by atoms with Crippen LogP contribution >= 0.6 is 0 Å². The van der Waals surface area contributed by atoms with E-state index in [1.54, 1.807) is 12.1 Å². The van der Waals surface area contributed by atoms with Gasteiger partial charge < -0.3 is 4.74 Å². The first-order chi connectivity index (χ1) is 7.18. The molecule has 1 nitrogen and oxygen atoms in total. The van der Waals surface area contributed by atoms with E-state index in [2.05, 4.69) is 13.8 Å².